The second kappa shape index (κ2) is 9.08. The number of rotatable bonds is 7. The van der Waals surface area contributed by atoms with Gasteiger partial charge in [0.25, 0.3) is 12.1 Å². The molecule has 2 N–H and O–H groups in total. The van der Waals surface area contributed by atoms with Crippen molar-refractivity contribution in [3.8, 4) is 11.1 Å². The molecule has 0 spiro atoms. The van der Waals surface area contributed by atoms with E-state index in [0.717, 1.165) is 5.56 Å². The van der Waals surface area contributed by atoms with Gasteiger partial charge in [0.1, 0.15) is 11.7 Å². The highest BCUT2D eigenvalue weighted by Crippen LogP contribution is 2.45. The van der Waals surface area contributed by atoms with Gasteiger partial charge in [-0.1, -0.05) is 6.07 Å². The van der Waals surface area contributed by atoms with Crippen LogP contribution in [0.2, 0.25) is 0 Å². The smallest absolute Gasteiger partial charge is 0.325 e. The number of carbonyl (C=O) groups is 1. The van der Waals surface area contributed by atoms with Crippen molar-refractivity contribution >= 4 is 28.7 Å². The van der Waals surface area contributed by atoms with Crippen LogP contribution in [0.1, 0.15) is 30.9 Å². The van der Waals surface area contributed by atoms with Gasteiger partial charge < -0.3 is 15.3 Å². The average molecular weight is 471 g/mol. The zero-order valence-corrected chi connectivity index (χ0v) is 18.5. The second-order valence-corrected chi connectivity index (χ2v) is 8.16. The Kier molecular flexibility index (Phi) is 6.18. The molecule has 1 atom stereocenters. The first kappa shape index (κ1) is 23.1. The largest absolute Gasteiger partial charge is 0.480 e. The third-order valence-electron chi connectivity index (χ3n) is 5.86. The number of hydrogen-bond donors (Lipinski definition) is 2. The summed E-state index contributed by atoms with van der Waals surface area (Å²) in [4.78, 5) is 24.3. The Morgan fingerprint density at radius 1 is 1.29 bits per heavy atom. The van der Waals surface area contributed by atoms with Crippen molar-refractivity contribution in [1.29, 1.82) is 0 Å². The van der Waals surface area contributed by atoms with Gasteiger partial charge in [-0.2, -0.15) is 5.10 Å². The number of aryl methyl sites for hydroxylation is 2. The molecular formula is C23H23F2N5O4. The minimum absolute atomic E-state index is 0.0326. The first-order valence-corrected chi connectivity index (χ1v) is 10.7. The number of aliphatic carboxylic acids is 1. The van der Waals surface area contributed by atoms with Crippen LogP contribution in [0.4, 0.5) is 31.5 Å². The normalized spacial score (nSPS) is 14.1. The fourth-order valence-corrected chi connectivity index (χ4v) is 4.22. The third kappa shape index (κ3) is 4.28. The molecule has 0 saturated carbocycles. The maximum absolute atomic E-state index is 14.1. The molecule has 2 aromatic carbocycles. The molecule has 1 aliphatic heterocycles. The van der Waals surface area contributed by atoms with Crippen LogP contribution in [0.5, 0.6) is 0 Å². The molecule has 9 nitrogen and oxygen atoms in total. The van der Waals surface area contributed by atoms with Crippen molar-refractivity contribution in [1.82, 2.24) is 9.78 Å². The van der Waals surface area contributed by atoms with Gasteiger partial charge in [0.15, 0.2) is 0 Å². The topological polar surface area (TPSA) is 114 Å². The van der Waals surface area contributed by atoms with Crippen molar-refractivity contribution in [2.75, 3.05) is 16.8 Å². The van der Waals surface area contributed by atoms with Gasteiger partial charge in [-0.15, -0.1) is 0 Å². The molecule has 1 aromatic heterocycles. The molecule has 0 unspecified atom stereocenters. The summed E-state index contributed by atoms with van der Waals surface area (Å²) in [6.07, 6.45) is 1.78. The number of hydrogen-bond acceptors (Lipinski definition) is 6. The lowest BCUT2D eigenvalue weighted by atomic mass is 9.92. The van der Waals surface area contributed by atoms with Gasteiger partial charge in [0.2, 0.25) is 0 Å². The average Bonchev–Trinajstić information content (AvgIpc) is 3.23. The minimum atomic E-state index is -2.75. The number of carboxylic acid groups (broad SMARTS) is 1. The number of nitro benzene ring substituents is 1. The summed E-state index contributed by atoms with van der Waals surface area (Å²) in [7, 11) is 1.71. The minimum Gasteiger partial charge on any atom is -0.480 e. The quantitative estimate of drug-likeness (QED) is 0.372. The van der Waals surface area contributed by atoms with E-state index in [1.165, 1.54) is 31.3 Å². The number of alkyl halides is 2. The number of nitro groups is 1. The van der Waals surface area contributed by atoms with Crippen molar-refractivity contribution in [2.24, 2.45) is 7.05 Å². The number of para-hydroxylation sites is 1. The van der Waals surface area contributed by atoms with E-state index in [-0.39, 0.29) is 16.9 Å². The number of nitrogens with one attached hydrogen (secondary N) is 1. The second-order valence-electron chi connectivity index (χ2n) is 8.16. The van der Waals surface area contributed by atoms with Gasteiger partial charge in [0, 0.05) is 42.7 Å². The van der Waals surface area contributed by atoms with E-state index in [2.05, 4.69) is 10.4 Å². The number of benzene rings is 2. The Bertz CT molecular complexity index is 1260. The Balaban J connectivity index is 1.88. The fourth-order valence-electron chi connectivity index (χ4n) is 4.22. The van der Waals surface area contributed by atoms with Crippen molar-refractivity contribution in [3.05, 3.63) is 64.0 Å². The monoisotopic (exact) mass is 471 g/mol. The number of fused-ring (bicyclic) bond motifs is 1. The third-order valence-corrected chi connectivity index (χ3v) is 5.86. The Labute approximate surface area is 193 Å². The van der Waals surface area contributed by atoms with Crippen LogP contribution in [0.15, 0.2) is 42.7 Å². The molecule has 1 aliphatic rings. The predicted molar refractivity (Wildman–Crippen MR) is 123 cm³/mol. The summed E-state index contributed by atoms with van der Waals surface area (Å²) in [6.45, 7) is 1.81. The van der Waals surface area contributed by atoms with E-state index in [9.17, 15) is 28.8 Å². The summed E-state index contributed by atoms with van der Waals surface area (Å²) in [6, 6.07) is 6.44. The highest BCUT2D eigenvalue weighted by atomic mass is 19.3. The fraction of sp³-hybridized carbons (Fsp3) is 0.304. The number of carboxylic acids is 1. The van der Waals surface area contributed by atoms with Crippen LogP contribution in [-0.4, -0.2) is 38.4 Å². The van der Waals surface area contributed by atoms with Crippen molar-refractivity contribution in [3.63, 3.8) is 0 Å². The van der Waals surface area contributed by atoms with Gasteiger partial charge in [-0.05, 0) is 49.1 Å². The van der Waals surface area contributed by atoms with Gasteiger partial charge in [-0.3, -0.25) is 19.6 Å². The van der Waals surface area contributed by atoms with E-state index in [1.54, 1.807) is 35.0 Å². The number of aromatic nitrogens is 2. The summed E-state index contributed by atoms with van der Waals surface area (Å²) < 4.78 is 29.8. The molecule has 4 rings (SSSR count). The van der Waals surface area contributed by atoms with E-state index < -0.39 is 23.4 Å². The lowest BCUT2D eigenvalue weighted by Crippen LogP contribution is -2.29. The molecule has 0 fully saturated rings. The Morgan fingerprint density at radius 2 is 2.06 bits per heavy atom. The molecule has 0 aliphatic carbocycles. The molecule has 11 heteroatoms. The molecule has 2 heterocycles. The lowest BCUT2D eigenvalue weighted by molar-refractivity contribution is -0.383. The van der Waals surface area contributed by atoms with Crippen LogP contribution in [0, 0.1) is 10.1 Å². The van der Waals surface area contributed by atoms with Crippen molar-refractivity contribution < 1.29 is 23.6 Å². The molecular weight excluding hydrogens is 448 g/mol. The van der Waals surface area contributed by atoms with Gasteiger partial charge >= 0.3 is 5.97 Å². The van der Waals surface area contributed by atoms with E-state index in [4.69, 9.17) is 0 Å². The highest BCUT2D eigenvalue weighted by molar-refractivity contribution is 5.88. The summed E-state index contributed by atoms with van der Waals surface area (Å²) >= 11 is 0. The lowest BCUT2D eigenvalue weighted by Gasteiger charge is -2.34. The summed E-state index contributed by atoms with van der Waals surface area (Å²) in [5, 5.41) is 27.8. The van der Waals surface area contributed by atoms with Crippen LogP contribution in [0.25, 0.3) is 11.1 Å². The van der Waals surface area contributed by atoms with E-state index in [0.29, 0.717) is 41.9 Å². The molecule has 34 heavy (non-hydrogen) atoms. The van der Waals surface area contributed by atoms with Crippen LogP contribution < -0.4 is 10.2 Å². The summed E-state index contributed by atoms with van der Waals surface area (Å²) in [5.74, 6) is -1.18. The van der Waals surface area contributed by atoms with Crippen LogP contribution in [0.3, 0.4) is 0 Å². The van der Waals surface area contributed by atoms with Gasteiger partial charge in [0.05, 0.1) is 16.8 Å². The Morgan fingerprint density at radius 3 is 2.68 bits per heavy atom. The maximum Gasteiger partial charge on any atom is 0.325 e. The number of nitrogens with zero attached hydrogens (tertiary/aromatic N) is 4. The molecule has 3 aromatic rings. The molecule has 0 saturated heterocycles. The Hall–Kier alpha value is -4.02. The first-order valence-electron chi connectivity index (χ1n) is 10.7. The number of anilines is 3. The molecule has 0 amide bonds. The zero-order valence-electron chi connectivity index (χ0n) is 18.5. The highest BCUT2D eigenvalue weighted by Gasteiger charge is 2.29. The maximum atomic E-state index is 14.1. The van der Waals surface area contributed by atoms with Crippen LogP contribution in [-0.2, 0) is 18.3 Å². The molecule has 178 valence electrons. The SMILES string of the molecule is C[C@H](Nc1c(N2CCCc3cc(-c4cnn(C)c4)c(C(F)F)cc32)cccc1[N+](=O)[O-])C(=O)O. The summed E-state index contributed by atoms with van der Waals surface area (Å²) in [5.41, 5.74) is 2.23. The van der Waals surface area contributed by atoms with Crippen LogP contribution >= 0.6 is 0 Å². The van der Waals surface area contributed by atoms with E-state index >= 15 is 0 Å². The van der Waals surface area contributed by atoms with Gasteiger partial charge in [-0.25, -0.2) is 8.78 Å². The molecule has 0 bridgehead atoms. The predicted octanol–water partition coefficient (Wildman–Crippen LogP) is 4.90. The first-order chi connectivity index (χ1) is 16.2. The standard InChI is InChI=1S/C23H23F2N5O4/c1-13(23(31)32)27-21-18(6-3-7-19(21)30(33)34)29-8-4-5-14-9-16(15-11-26-28(2)12-15)17(22(24)25)10-20(14)29/h3,6-7,9-13,22,27H,4-5,8H2,1-2H3,(H,31,32)/t13-/m0/s1. The van der Waals surface area contributed by atoms with Crippen molar-refractivity contribution in [2.45, 2.75) is 32.2 Å². The molecule has 0 radical (unpaired) electrons. The number of halogens is 2. The zero-order chi connectivity index (χ0) is 24.6. The van der Waals surface area contributed by atoms with E-state index in [1.807, 2.05) is 0 Å².